The Bertz CT molecular complexity index is 1100. The van der Waals surface area contributed by atoms with Crippen molar-refractivity contribution < 1.29 is 22.8 Å². The summed E-state index contributed by atoms with van der Waals surface area (Å²) >= 11 is 0. The number of anilines is 2. The molecule has 1 fully saturated rings. The lowest BCUT2D eigenvalue weighted by molar-refractivity contribution is -0.123. The topological polar surface area (TPSA) is 125 Å². The number of nitrogens with one attached hydrogen (secondary N) is 3. The van der Waals surface area contributed by atoms with Gasteiger partial charge in [-0.25, -0.2) is 8.42 Å². The van der Waals surface area contributed by atoms with Crippen molar-refractivity contribution in [2.45, 2.75) is 19.4 Å². The highest BCUT2D eigenvalue weighted by Crippen LogP contribution is 2.17. The quantitative estimate of drug-likeness (QED) is 0.508. The Hall–Kier alpha value is -3.24. The molecular formula is C23H28N4O5S. The first-order chi connectivity index (χ1) is 15.8. The smallest absolute Gasteiger partial charge is 0.257 e. The van der Waals surface area contributed by atoms with Crippen molar-refractivity contribution in [2.75, 3.05) is 41.8 Å². The van der Waals surface area contributed by atoms with E-state index in [9.17, 15) is 22.8 Å². The fraction of sp³-hybridized carbons (Fsp3) is 0.348. The van der Waals surface area contributed by atoms with Crippen LogP contribution >= 0.6 is 0 Å². The molecule has 176 valence electrons. The third-order valence-corrected chi connectivity index (χ3v) is 7.02. The van der Waals surface area contributed by atoms with Crippen LogP contribution in [0.4, 0.5) is 11.4 Å². The molecule has 3 amide bonds. The van der Waals surface area contributed by atoms with Gasteiger partial charge in [-0.05, 0) is 37.2 Å². The number of rotatable bonds is 9. The first kappa shape index (κ1) is 24.4. The SMILES string of the molecule is CCN(CC(=O)Nc1ccccc1C(=O)Nc1ccccc1)CC(=O)N[C@H]1CCS(=O)(=O)C1. The van der Waals surface area contributed by atoms with Crippen LogP contribution in [0.15, 0.2) is 54.6 Å². The summed E-state index contributed by atoms with van der Waals surface area (Å²) in [5.74, 6) is -1.01. The summed E-state index contributed by atoms with van der Waals surface area (Å²) in [5.41, 5.74) is 1.33. The zero-order chi connectivity index (χ0) is 23.8. The van der Waals surface area contributed by atoms with Crippen molar-refractivity contribution in [3.8, 4) is 0 Å². The van der Waals surface area contributed by atoms with E-state index in [1.54, 1.807) is 41.3 Å². The molecule has 9 nitrogen and oxygen atoms in total. The summed E-state index contributed by atoms with van der Waals surface area (Å²) in [6.07, 6.45) is 0.405. The second-order valence-corrected chi connectivity index (χ2v) is 10.1. The minimum atomic E-state index is -3.09. The van der Waals surface area contributed by atoms with E-state index in [2.05, 4.69) is 16.0 Å². The molecule has 1 aliphatic heterocycles. The standard InChI is InChI=1S/C23H28N4O5S/c1-2-27(14-21(28)24-18-12-13-33(31,32)16-18)15-22(29)26-20-11-7-6-10-19(20)23(30)25-17-8-4-3-5-9-17/h3-11,18H,2,12-16H2,1H3,(H,24,28)(H,25,30)(H,26,29)/t18-/m0/s1. The predicted molar refractivity (Wildman–Crippen MR) is 127 cm³/mol. The van der Waals surface area contributed by atoms with Crippen molar-refractivity contribution in [1.82, 2.24) is 10.2 Å². The fourth-order valence-corrected chi connectivity index (χ4v) is 5.24. The molecule has 1 atom stereocenters. The Balaban J connectivity index is 1.56. The minimum Gasteiger partial charge on any atom is -0.351 e. The molecule has 0 unspecified atom stereocenters. The highest BCUT2D eigenvalue weighted by molar-refractivity contribution is 7.91. The highest BCUT2D eigenvalue weighted by atomic mass is 32.2. The normalized spacial score (nSPS) is 16.8. The van der Waals surface area contributed by atoms with Crippen molar-refractivity contribution in [2.24, 2.45) is 0 Å². The summed E-state index contributed by atoms with van der Waals surface area (Å²) in [4.78, 5) is 39.3. The molecule has 0 aromatic heterocycles. The molecule has 1 heterocycles. The van der Waals surface area contributed by atoms with E-state index < -0.39 is 9.84 Å². The number of sulfone groups is 1. The molecule has 0 bridgehead atoms. The number of benzene rings is 2. The van der Waals surface area contributed by atoms with E-state index in [1.807, 2.05) is 25.1 Å². The maximum absolute atomic E-state index is 12.7. The lowest BCUT2D eigenvalue weighted by atomic mass is 10.1. The molecule has 33 heavy (non-hydrogen) atoms. The van der Waals surface area contributed by atoms with Crippen LogP contribution in [-0.2, 0) is 19.4 Å². The van der Waals surface area contributed by atoms with Crippen LogP contribution in [-0.4, -0.2) is 68.2 Å². The lowest BCUT2D eigenvalue weighted by Gasteiger charge is -2.21. The van der Waals surface area contributed by atoms with Gasteiger partial charge < -0.3 is 16.0 Å². The monoisotopic (exact) mass is 472 g/mol. The number of hydrogen-bond donors (Lipinski definition) is 3. The first-order valence-electron chi connectivity index (χ1n) is 10.7. The molecule has 2 aromatic carbocycles. The number of carbonyl (C=O) groups excluding carboxylic acids is 3. The Labute approximate surface area is 193 Å². The number of nitrogens with zero attached hydrogens (tertiary/aromatic N) is 1. The average molecular weight is 473 g/mol. The Morgan fingerprint density at radius 3 is 2.27 bits per heavy atom. The van der Waals surface area contributed by atoms with E-state index in [0.717, 1.165) is 0 Å². The van der Waals surface area contributed by atoms with Gasteiger partial charge in [-0.3, -0.25) is 19.3 Å². The van der Waals surface area contributed by atoms with Gasteiger partial charge in [-0.2, -0.15) is 0 Å². The van der Waals surface area contributed by atoms with Crippen molar-refractivity contribution in [1.29, 1.82) is 0 Å². The summed E-state index contributed by atoms with van der Waals surface area (Å²) < 4.78 is 23.1. The van der Waals surface area contributed by atoms with Crippen LogP contribution in [0.1, 0.15) is 23.7 Å². The fourth-order valence-electron chi connectivity index (χ4n) is 3.57. The van der Waals surface area contributed by atoms with Gasteiger partial charge in [-0.1, -0.05) is 37.3 Å². The van der Waals surface area contributed by atoms with Gasteiger partial charge in [0, 0.05) is 11.7 Å². The molecule has 0 saturated carbocycles. The van der Waals surface area contributed by atoms with Crippen LogP contribution in [0, 0.1) is 0 Å². The Morgan fingerprint density at radius 1 is 0.939 bits per heavy atom. The van der Waals surface area contributed by atoms with E-state index in [1.165, 1.54) is 0 Å². The Morgan fingerprint density at radius 2 is 1.61 bits per heavy atom. The Kier molecular flexibility index (Phi) is 8.18. The maximum Gasteiger partial charge on any atom is 0.257 e. The van der Waals surface area contributed by atoms with Crippen LogP contribution in [0.3, 0.4) is 0 Å². The van der Waals surface area contributed by atoms with Gasteiger partial charge in [0.05, 0.1) is 35.8 Å². The summed E-state index contributed by atoms with van der Waals surface area (Å²) in [5, 5.41) is 8.27. The van der Waals surface area contributed by atoms with Gasteiger partial charge in [0.2, 0.25) is 11.8 Å². The van der Waals surface area contributed by atoms with Gasteiger partial charge in [0.1, 0.15) is 0 Å². The summed E-state index contributed by atoms with van der Waals surface area (Å²) in [6, 6.07) is 15.3. The zero-order valence-electron chi connectivity index (χ0n) is 18.4. The average Bonchev–Trinajstić information content (AvgIpc) is 3.12. The molecular weight excluding hydrogens is 444 g/mol. The van der Waals surface area contributed by atoms with Crippen LogP contribution in [0.25, 0.3) is 0 Å². The van der Waals surface area contributed by atoms with Gasteiger partial charge in [0.25, 0.3) is 5.91 Å². The number of likely N-dealkylation sites (N-methyl/N-ethyl adjacent to an activating group) is 1. The number of amides is 3. The van der Waals surface area contributed by atoms with Crippen LogP contribution in [0.2, 0.25) is 0 Å². The predicted octanol–water partition coefficient (Wildman–Crippen LogP) is 1.50. The van der Waals surface area contributed by atoms with Gasteiger partial charge in [-0.15, -0.1) is 0 Å². The molecule has 3 rings (SSSR count). The molecule has 0 radical (unpaired) electrons. The molecule has 10 heteroatoms. The van der Waals surface area contributed by atoms with Crippen molar-refractivity contribution in [3.05, 3.63) is 60.2 Å². The second kappa shape index (κ2) is 11.1. The summed E-state index contributed by atoms with van der Waals surface area (Å²) in [7, 11) is -3.09. The molecule has 1 saturated heterocycles. The molecule has 0 aliphatic carbocycles. The number of para-hydroxylation sites is 2. The van der Waals surface area contributed by atoms with E-state index in [4.69, 9.17) is 0 Å². The summed E-state index contributed by atoms with van der Waals surface area (Å²) in [6.45, 7) is 2.18. The molecule has 3 N–H and O–H groups in total. The van der Waals surface area contributed by atoms with E-state index >= 15 is 0 Å². The second-order valence-electron chi connectivity index (χ2n) is 7.88. The first-order valence-corrected chi connectivity index (χ1v) is 12.6. The minimum absolute atomic E-state index is 0.0311. The highest BCUT2D eigenvalue weighted by Gasteiger charge is 2.29. The van der Waals surface area contributed by atoms with E-state index in [-0.39, 0.29) is 48.4 Å². The van der Waals surface area contributed by atoms with Crippen molar-refractivity contribution in [3.63, 3.8) is 0 Å². The van der Waals surface area contributed by atoms with Gasteiger partial charge in [0.15, 0.2) is 9.84 Å². The number of carbonyl (C=O) groups is 3. The van der Waals surface area contributed by atoms with E-state index in [0.29, 0.717) is 29.9 Å². The third-order valence-electron chi connectivity index (χ3n) is 5.26. The molecule has 0 spiro atoms. The van der Waals surface area contributed by atoms with Crippen LogP contribution < -0.4 is 16.0 Å². The largest absolute Gasteiger partial charge is 0.351 e. The maximum atomic E-state index is 12.7. The number of hydrogen-bond acceptors (Lipinski definition) is 6. The van der Waals surface area contributed by atoms with Crippen LogP contribution in [0.5, 0.6) is 0 Å². The molecule has 2 aromatic rings. The van der Waals surface area contributed by atoms with Gasteiger partial charge >= 0.3 is 0 Å². The lowest BCUT2D eigenvalue weighted by Crippen LogP contribution is -2.44. The van der Waals surface area contributed by atoms with Crippen molar-refractivity contribution >= 4 is 38.9 Å². The zero-order valence-corrected chi connectivity index (χ0v) is 19.2. The third kappa shape index (κ3) is 7.40. The molecule has 1 aliphatic rings.